The Morgan fingerprint density at radius 1 is 1.55 bits per heavy atom. The standard InChI is InChI=1S/C8H16O3/c1-6(2)4-7(11-3)5-8(9)10/h6-7H,4-5H2,1-3H3,(H,9,10). The van der Waals surface area contributed by atoms with E-state index < -0.39 is 5.97 Å². The fourth-order valence-electron chi connectivity index (χ4n) is 0.983. The maximum Gasteiger partial charge on any atom is 0.305 e. The Bertz CT molecular complexity index is 121. The van der Waals surface area contributed by atoms with Gasteiger partial charge in [0.2, 0.25) is 0 Å². The number of hydrogen-bond acceptors (Lipinski definition) is 2. The Labute approximate surface area is 67.4 Å². The van der Waals surface area contributed by atoms with Crippen LogP contribution in [-0.4, -0.2) is 24.3 Å². The molecular weight excluding hydrogens is 144 g/mol. The molecule has 0 saturated carbocycles. The summed E-state index contributed by atoms with van der Waals surface area (Å²) in [7, 11) is 1.55. The molecule has 0 heterocycles. The van der Waals surface area contributed by atoms with Crippen molar-refractivity contribution >= 4 is 5.97 Å². The van der Waals surface area contributed by atoms with Gasteiger partial charge in [0, 0.05) is 7.11 Å². The van der Waals surface area contributed by atoms with Crippen molar-refractivity contribution in [3.63, 3.8) is 0 Å². The number of methoxy groups -OCH3 is 1. The highest BCUT2D eigenvalue weighted by Crippen LogP contribution is 2.10. The van der Waals surface area contributed by atoms with Crippen LogP contribution in [0, 0.1) is 5.92 Å². The molecule has 1 atom stereocenters. The molecule has 0 radical (unpaired) electrons. The van der Waals surface area contributed by atoms with Crippen molar-refractivity contribution in [2.24, 2.45) is 5.92 Å². The first-order chi connectivity index (χ1) is 5.06. The summed E-state index contributed by atoms with van der Waals surface area (Å²) in [5, 5.41) is 8.45. The van der Waals surface area contributed by atoms with Gasteiger partial charge in [-0.3, -0.25) is 4.79 Å². The SMILES string of the molecule is COC(CC(=O)O)CC(C)C. The van der Waals surface area contributed by atoms with Crippen molar-refractivity contribution in [1.29, 1.82) is 0 Å². The summed E-state index contributed by atoms with van der Waals surface area (Å²) in [6, 6.07) is 0. The fourth-order valence-corrected chi connectivity index (χ4v) is 0.983. The van der Waals surface area contributed by atoms with E-state index >= 15 is 0 Å². The summed E-state index contributed by atoms with van der Waals surface area (Å²) in [5.74, 6) is -0.309. The zero-order valence-electron chi connectivity index (χ0n) is 7.33. The van der Waals surface area contributed by atoms with E-state index in [1.165, 1.54) is 0 Å². The third-order valence-electron chi connectivity index (χ3n) is 1.47. The van der Waals surface area contributed by atoms with E-state index in [9.17, 15) is 4.79 Å². The lowest BCUT2D eigenvalue weighted by Crippen LogP contribution is -2.17. The van der Waals surface area contributed by atoms with E-state index in [0.717, 1.165) is 6.42 Å². The molecule has 0 aromatic rings. The van der Waals surface area contributed by atoms with Gasteiger partial charge >= 0.3 is 5.97 Å². The van der Waals surface area contributed by atoms with Crippen LogP contribution in [0.25, 0.3) is 0 Å². The number of carboxylic acid groups (broad SMARTS) is 1. The molecule has 0 aliphatic rings. The van der Waals surface area contributed by atoms with Gasteiger partial charge in [-0.1, -0.05) is 13.8 Å². The molecule has 0 saturated heterocycles. The molecule has 3 nitrogen and oxygen atoms in total. The van der Waals surface area contributed by atoms with Crippen LogP contribution in [-0.2, 0) is 9.53 Å². The number of aliphatic carboxylic acids is 1. The largest absolute Gasteiger partial charge is 0.481 e. The molecule has 66 valence electrons. The molecule has 3 heteroatoms. The quantitative estimate of drug-likeness (QED) is 0.663. The Balaban J connectivity index is 3.66. The molecule has 11 heavy (non-hydrogen) atoms. The topological polar surface area (TPSA) is 46.5 Å². The third kappa shape index (κ3) is 5.85. The zero-order valence-corrected chi connectivity index (χ0v) is 7.33. The van der Waals surface area contributed by atoms with Gasteiger partial charge in [-0.2, -0.15) is 0 Å². The average Bonchev–Trinajstić information content (AvgIpc) is 1.84. The zero-order chi connectivity index (χ0) is 8.85. The van der Waals surface area contributed by atoms with Crippen LogP contribution in [0.3, 0.4) is 0 Å². The number of carboxylic acids is 1. The predicted molar refractivity (Wildman–Crippen MR) is 42.5 cm³/mol. The van der Waals surface area contributed by atoms with Crippen molar-refractivity contribution in [2.45, 2.75) is 32.8 Å². The van der Waals surface area contributed by atoms with Gasteiger partial charge in [0.25, 0.3) is 0 Å². The van der Waals surface area contributed by atoms with Crippen LogP contribution in [0.4, 0.5) is 0 Å². The molecule has 0 spiro atoms. The van der Waals surface area contributed by atoms with Gasteiger partial charge in [-0.25, -0.2) is 0 Å². The van der Waals surface area contributed by atoms with Gasteiger partial charge in [-0.15, -0.1) is 0 Å². The van der Waals surface area contributed by atoms with Crippen LogP contribution in [0.5, 0.6) is 0 Å². The second kappa shape index (κ2) is 5.13. The molecule has 0 aromatic heterocycles. The number of carbonyl (C=O) groups is 1. The number of hydrogen-bond donors (Lipinski definition) is 1. The lowest BCUT2D eigenvalue weighted by molar-refractivity contribution is -0.139. The molecule has 0 rings (SSSR count). The first-order valence-electron chi connectivity index (χ1n) is 3.80. The molecule has 0 aliphatic carbocycles. The molecule has 0 aliphatic heterocycles. The summed E-state index contributed by atoms with van der Waals surface area (Å²) in [6.07, 6.45) is 0.782. The summed E-state index contributed by atoms with van der Waals surface area (Å²) in [4.78, 5) is 10.3. The van der Waals surface area contributed by atoms with Crippen LogP contribution in [0.15, 0.2) is 0 Å². The third-order valence-corrected chi connectivity index (χ3v) is 1.47. The number of rotatable bonds is 5. The summed E-state index contributed by atoms with van der Waals surface area (Å²) in [5.41, 5.74) is 0. The van der Waals surface area contributed by atoms with Gasteiger partial charge in [0.1, 0.15) is 0 Å². The minimum atomic E-state index is -0.794. The highest BCUT2D eigenvalue weighted by molar-refractivity contribution is 5.67. The first-order valence-corrected chi connectivity index (χ1v) is 3.80. The monoisotopic (exact) mass is 160 g/mol. The molecule has 0 fully saturated rings. The summed E-state index contributed by atoms with van der Waals surface area (Å²) in [6.45, 7) is 4.10. The van der Waals surface area contributed by atoms with E-state index in [4.69, 9.17) is 9.84 Å². The average molecular weight is 160 g/mol. The lowest BCUT2D eigenvalue weighted by Gasteiger charge is -2.14. The van der Waals surface area contributed by atoms with E-state index in [0.29, 0.717) is 5.92 Å². The molecule has 1 unspecified atom stereocenters. The van der Waals surface area contributed by atoms with Crippen molar-refractivity contribution in [2.75, 3.05) is 7.11 Å². The van der Waals surface area contributed by atoms with Gasteiger partial charge in [-0.05, 0) is 12.3 Å². The molecular formula is C8H16O3. The predicted octanol–water partition coefficient (Wildman–Crippen LogP) is 1.52. The van der Waals surface area contributed by atoms with Crippen LogP contribution >= 0.6 is 0 Å². The van der Waals surface area contributed by atoms with E-state index in [2.05, 4.69) is 0 Å². The van der Waals surface area contributed by atoms with Gasteiger partial charge < -0.3 is 9.84 Å². The Morgan fingerprint density at radius 3 is 2.36 bits per heavy atom. The Hall–Kier alpha value is -0.570. The van der Waals surface area contributed by atoms with Crippen LogP contribution in [0.2, 0.25) is 0 Å². The normalized spacial score (nSPS) is 13.5. The van der Waals surface area contributed by atoms with Crippen molar-refractivity contribution in [3.05, 3.63) is 0 Å². The smallest absolute Gasteiger partial charge is 0.305 e. The molecule has 0 aromatic carbocycles. The minimum absolute atomic E-state index is 0.106. The second-order valence-electron chi connectivity index (χ2n) is 3.09. The maximum absolute atomic E-state index is 10.3. The summed E-state index contributed by atoms with van der Waals surface area (Å²) < 4.78 is 4.99. The van der Waals surface area contributed by atoms with Gasteiger partial charge in [0.05, 0.1) is 12.5 Å². The summed E-state index contributed by atoms with van der Waals surface area (Å²) >= 11 is 0. The second-order valence-corrected chi connectivity index (χ2v) is 3.09. The molecule has 0 bridgehead atoms. The molecule has 0 amide bonds. The van der Waals surface area contributed by atoms with Crippen LogP contribution < -0.4 is 0 Å². The highest BCUT2D eigenvalue weighted by atomic mass is 16.5. The lowest BCUT2D eigenvalue weighted by atomic mass is 10.0. The molecule has 1 N–H and O–H groups in total. The van der Waals surface area contributed by atoms with Crippen molar-refractivity contribution in [1.82, 2.24) is 0 Å². The van der Waals surface area contributed by atoms with Gasteiger partial charge in [0.15, 0.2) is 0 Å². The minimum Gasteiger partial charge on any atom is -0.481 e. The highest BCUT2D eigenvalue weighted by Gasteiger charge is 2.13. The first kappa shape index (κ1) is 10.4. The van der Waals surface area contributed by atoms with E-state index in [-0.39, 0.29) is 12.5 Å². The number of ether oxygens (including phenoxy) is 1. The van der Waals surface area contributed by atoms with E-state index in [1.807, 2.05) is 13.8 Å². The Morgan fingerprint density at radius 2 is 2.09 bits per heavy atom. The van der Waals surface area contributed by atoms with E-state index in [1.54, 1.807) is 7.11 Å². The Kier molecular flexibility index (Phi) is 4.86. The van der Waals surface area contributed by atoms with Crippen LogP contribution in [0.1, 0.15) is 26.7 Å². The van der Waals surface area contributed by atoms with Crippen molar-refractivity contribution < 1.29 is 14.6 Å². The van der Waals surface area contributed by atoms with Crippen molar-refractivity contribution in [3.8, 4) is 0 Å². The maximum atomic E-state index is 10.3. The fraction of sp³-hybridized carbons (Fsp3) is 0.875.